The van der Waals surface area contributed by atoms with E-state index >= 15 is 0 Å². The summed E-state index contributed by atoms with van der Waals surface area (Å²) in [5.74, 6) is -7.63. The molecule has 0 aromatic heterocycles. The summed E-state index contributed by atoms with van der Waals surface area (Å²) in [6.45, 7) is 3.48. The molecule has 2 aromatic carbocycles. The van der Waals surface area contributed by atoms with E-state index in [-0.39, 0.29) is 35.8 Å². The van der Waals surface area contributed by atoms with Crippen LogP contribution in [0.15, 0.2) is 53.3 Å². The first-order valence-corrected chi connectivity index (χ1v) is 13.5. The van der Waals surface area contributed by atoms with E-state index in [0.29, 0.717) is 22.3 Å². The highest BCUT2D eigenvalue weighted by atomic mass is 16.5. The molecule has 0 heterocycles. The fourth-order valence-electron chi connectivity index (χ4n) is 6.61. The molecular formula is C31H32N2O9. The van der Waals surface area contributed by atoms with Gasteiger partial charge in [-0.3, -0.25) is 19.3 Å². The number of primary amides is 1. The molecule has 1 saturated carbocycles. The minimum absolute atomic E-state index is 0.0262. The number of benzene rings is 2. The molecule has 2 unspecified atom stereocenters. The van der Waals surface area contributed by atoms with Crippen molar-refractivity contribution in [2.24, 2.45) is 17.6 Å². The van der Waals surface area contributed by atoms with Crippen molar-refractivity contribution in [1.29, 1.82) is 0 Å². The Bertz CT molecular complexity index is 1620. The molecule has 1 fully saturated rings. The van der Waals surface area contributed by atoms with Crippen LogP contribution in [0.5, 0.6) is 5.75 Å². The number of hydrogen-bond acceptors (Lipinski definition) is 10. The quantitative estimate of drug-likeness (QED) is 0.261. The Kier molecular flexibility index (Phi) is 6.99. The monoisotopic (exact) mass is 576 g/mol. The molecule has 0 aliphatic heterocycles. The van der Waals surface area contributed by atoms with Gasteiger partial charge in [0.25, 0.3) is 5.91 Å². The Morgan fingerprint density at radius 2 is 1.79 bits per heavy atom. The van der Waals surface area contributed by atoms with E-state index in [4.69, 9.17) is 10.5 Å². The number of hydrogen-bond donors (Lipinski definition) is 5. The average Bonchev–Trinajstić information content (AvgIpc) is 2.90. The zero-order valence-electron chi connectivity index (χ0n) is 23.5. The second-order valence-corrected chi connectivity index (χ2v) is 11.5. The predicted molar refractivity (Wildman–Crippen MR) is 150 cm³/mol. The van der Waals surface area contributed by atoms with Crippen LogP contribution in [0.1, 0.15) is 41.8 Å². The van der Waals surface area contributed by atoms with Crippen LogP contribution in [0.3, 0.4) is 0 Å². The zero-order valence-corrected chi connectivity index (χ0v) is 23.5. The van der Waals surface area contributed by atoms with Gasteiger partial charge in [0.15, 0.2) is 11.4 Å². The van der Waals surface area contributed by atoms with Crippen LogP contribution in [-0.2, 0) is 25.5 Å². The van der Waals surface area contributed by atoms with E-state index in [1.165, 1.54) is 11.0 Å². The smallest absolute Gasteiger partial charge is 0.338 e. The van der Waals surface area contributed by atoms with Gasteiger partial charge in [-0.2, -0.15) is 0 Å². The molecule has 0 saturated heterocycles. The molecule has 5 rings (SSSR count). The number of rotatable bonds is 5. The van der Waals surface area contributed by atoms with Crippen molar-refractivity contribution in [3.8, 4) is 16.9 Å². The molecule has 6 N–H and O–H groups in total. The van der Waals surface area contributed by atoms with Crippen molar-refractivity contribution in [1.82, 2.24) is 4.90 Å². The summed E-state index contributed by atoms with van der Waals surface area (Å²) < 4.78 is 5.32. The Hall–Kier alpha value is -4.48. The first kappa shape index (κ1) is 29.0. The van der Waals surface area contributed by atoms with Gasteiger partial charge >= 0.3 is 5.97 Å². The highest BCUT2D eigenvalue weighted by Crippen LogP contribution is 2.53. The zero-order chi connectivity index (χ0) is 30.8. The molecule has 0 radical (unpaired) electrons. The van der Waals surface area contributed by atoms with Gasteiger partial charge in [-0.1, -0.05) is 18.2 Å². The van der Waals surface area contributed by atoms with Crippen molar-refractivity contribution in [3.05, 3.63) is 70.0 Å². The number of esters is 1. The number of phenols is 1. The predicted octanol–water partition coefficient (Wildman–Crippen LogP) is 2.20. The summed E-state index contributed by atoms with van der Waals surface area (Å²) >= 11 is 0. The molecule has 3 aliphatic rings. The number of ketones is 2. The van der Waals surface area contributed by atoms with Crippen molar-refractivity contribution in [2.75, 3.05) is 14.1 Å². The summed E-state index contributed by atoms with van der Waals surface area (Å²) in [5.41, 5.74) is 3.52. The normalized spacial score (nSPS) is 25.4. The molecular weight excluding hydrogens is 544 g/mol. The van der Waals surface area contributed by atoms with Crippen molar-refractivity contribution in [2.45, 2.75) is 44.4 Å². The summed E-state index contributed by atoms with van der Waals surface area (Å²) in [4.78, 5) is 53.4. The van der Waals surface area contributed by atoms with Crippen molar-refractivity contribution >= 4 is 29.2 Å². The van der Waals surface area contributed by atoms with E-state index in [9.17, 15) is 39.6 Å². The molecule has 2 aromatic rings. The summed E-state index contributed by atoms with van der Waals surface area (Å²) in [6.07, 6.45) is -0.225. The highest BCUT2D eigenvalue weighted by molar-refractivity contribution is 6.24. The number of aliphatic hydroxyl groups is 3. The van der Waals surface area contributed by atoms with E-state index < -0.39 is 64.0 Å². The number of amides is 1. The molecule has 0 spiro atoms. The van der Waals surface area contributed by atoms with Gasteiger partial charge in [-0.05, 0) is 81.6 Å². The van der Waals surface area contributed by atoms with Crippen LogP contribution in [-0.4, -0.2) is 80.6 Å². The molecule has 3 aliphatic carbocycles. The lowest BCUT2D eigenvalue weighted by Gasteiger charge is -2.50. The number of Topliss-reactive ketones (excluding diaryl/α,β-unsaturated/α-hetero) is 2. The molecule has 42 heavy (non-hydrogen) atoms. The Labute approximate surface area is 241 Å². The van der Waals surface area contributed by atoms with Crippen LogP contribution in [0.2, 0.25) is 0 Å². The lowest BCUT2D eigenvalue weighted by atomic mass is 9.57. The summed E-state index contributed by atoms with van der Waals surface area (Å²) in [5, 5.41) is 45.0. The molecule has 220 valence electrons. The highest BCUT2D eigenvalue weighted by Gasteiger charge is 2.64. The largest absolute Gasteiger partial charge is 0.508 e. The van der Waals surface area contributed by atoms with E-state index in [1.54, 1.807) is 58.3 Å². The number of carbonyl (C=O) groups excluding carboxylic acids is 4. The molecule has 11 nitrogen and oxygen atoms in total. The van der Waals surface area contributed by atoms with E-state index in [0.717, 1.165) is 0 Å². The van der Waals surface area contributed by atoms with E-state index in [2.05, 4.69) is 0 Å². The SMILES string of the molecule is CC(C)OC(=O)c1cccc(-c2ccc(O)c3c2CC2CC4[C@H](N(C)C)C(=O)C(C(N)=O)=C(O)[C@@]4(O)C(=O)C2=C3O)c1. The topological polar surface area (TPSA) is 188 Å². The van der Waals surface area contributed by atoms with Crippen LogP contribution < -0.4 is 5.73 Å². The van der Waals surface area contributed by atoms with Crippen LogP contribution in [0.25, 0.3) is 16.9 Å². The Morgan fingerprint density at radius 1 is 1.10 bits per heavy atom. The Balaban J connectivity index is 1.68. The summed E-state index contributed by atoms with van der Waals surface area (Å²) in [7, 11) is 3.09. The van der Waals surface area contributed by atoms with Gasteiger partial charge in [0.1, 0.15) is 22.8 Å². The number of nitrogens with two attached hydrogens (primary N) is 1. The number of nitrogens with zero attached hydrogens (tertiary/aromatic N) is 1. The maximum Gasteiger partial charge on any atom is 0.338 e. The fourth-order valence-corrected chi connectivity index (χ4v) is 6.61. The first-order chi connectivity index (χ1) is 19.7. The standard InChI is InChI=1S/C31H32N2O9/c1-13(2)42-30(40)15-7-5-6-14(10-15)17-8-9-20(34)22-18(17)11-16-12-19-24(33(3)4)26(36)23(29(32)39)28(38)31(19,41)27(37)21(16)25(22)35/h5-10,13,16,19,24,34-35,38,41H,11-12H2,1-4H3,(H2,32,39)/t16?,19?,24-,31-/m0/s1. The number of aromatic hydroxyl groups is 1. The number of carbonyl (C=O) groups is 4. The van der Waals surface area contributed by atoms with Crippen molar-refractivity contribution in [3.63, 3.8) is 0 Å². The molecule has 11 heteroatoms. The number of phenolic OH excluding ortho intramolecular Hbond substituents is 1. The molecule has 4 atom stereocenters. The minimum atomic E-state index is -2.71. The van der Waals surface area contributed by atoms with Gasteiger partial charge < -0.3 is 30.9 Å². The van der Waals surface area contributed by atoms with Crippen molar-refractivity contribution < 1.29 is 44.3 Å². The lowest BCUT2D eigenvalue weighted by molar-refractivity contribution is -0.153. The van der Waals surface area contributed by atoms with Gasteiger partial charge in [-0.15, -0.1) is 0 Å². The second kappa shape index (κ2) is 10.1. The van der Waals surface area contributed by atoms with Crippen LogP contribution >= 0.6 is 0 Å². The number of fused-ring (bicyclic) bond motifs is 3. The van der Waals surface area contributed by atoms with Gasteiger partial charge in [0.05, 0.1) is 23.3 Å². The van der Waals surface area contributed by atoms with E-state index in [1.807, 2.05) is 0 Å². The third kappa shape index (κ3) is 4.19. The number of ether oxygens (including phenoxy) is 1. The molecule has 0 bridgehead atoms. The van der Waals surface area contributed by atoms with Gasteiger partial charge in [0.2, 0.25) is 5.78 Å². The van der Waals surface area contributed by atoms with Crippen LogP contribution in [0.4, 0.5) is 0 Å². The minimum Gasteiger partial charge on any atom is -0.508 e. The van der Waals surface area contributed by atoms with Gasteiger partial charge in [0, 0.05) is 11.5 Å². The van der Waals surface area contributed by atoms with Crippen LogP contribution in [0, 0.1) is 11.8 Å². The second-order valence-electron chi connectivity index (χ2n) is 11.5. The number of likely N-dealkylation sites (N-methyl/N-ethyl adjacent to an activating group) is 1. The first-order valence-electron chi connectivity index (χ1n) is 13.5. The fraction of sp³-hybridized carbons (Fsp3) is 0.355. The maximum atomic E-state index is 14.0. The molecule has 1 amide bonds. The Morgan fingerprint density at radius 3 is 2.40 bits per heavy atom. The third-order valence-electron chi connectivity index (χ3n) is 8.36. The average molecular weight is 577 g/mol. The third-order valence-corrected chi connectivity index (χ3v) is 8.36. The number of aliphatic hydroxyl groups excluding tert-OH is 2. The lowest BCUT2D eigenvalue weighted by Crippen LogP contribution is -2.65. The maximum absolute atomic E-state index is 14.0. The van der Waals surface area contributed by atoms with Gasteiger partial charge in [-0.25, -0.2) is 4.79 Å². The summed E-state index contributed by atoms with van der Waals surface area (Å²) in [6, 6.07) is 8.50.